The highest BCUT2D eigenvalue weighted by molar-refractivity contribution is 4.79. The zero-order valence-electron chi connectivity index (χ0n) is 10.0. The average molecular weight is 211 g/mol. The van der Waals surface area contributed by atoms with Gasteiger partial charge in [-0.25, -0.2) is 0 Å². The van der Waals surface area contributed by atoms with Crippen molar-refractivity contribution >= 4 is 0 Å². The lowest BCUT2D eigenvalue weighted by Crippen LogP contribution is -2.30. The maximum Gasteiger partial charge on any atom is 0.0576 e. The summed E-state index contributed by atoms with van der Waals surface area (Å²) in [6, 6.07) is 0.603. The van der Waals surface area contributed by atoms with Crippen molar-refractivity contribution in [1.82, 2.24) is 5.32 Å². The molecule has 0 aliphatic carbocycles. The van der Waals surface area contributed by atoms with E-state index in [1.807, 2.05) is 6.08 Å². The Morgan fingerprint density at radius 3 is 3.07 bits per heavy atom. The van der Waals surface area contributed by atoms with Gasteiger partial charge in [-0.1, -0.05) is 13.0 Å². The summed E-state index contributed by atoms with van der Waals surface area (Å²) in [5.74, 6) is 0. The zero-order chi connectivity index (χ0) is 10.9. The zero-order valence-corrected chi connectivity index (χ0v) is 10.0. The van der Waals surface area contributed by atoms with Gasteiger partial charge >= 0.3 is 0 Å². The fraction of sp³-hybridized carbons (Fsp3) is 0.846. The fourth-order valence-electron chi connectivity index (χ4n) is 2.11. The second kappa shape index (κ2) is 7.89. The van der Waals surface area contributed by atoms with E-state index in [4.69, 9.17) is 4.74 Å². The van der Waals surface area contributed by atoms with Crippen LogP contribution in [0.25, 0.3) is 0 Å². The van der Waals surface area contributed by atoms with Gasteiger partial charge in [-0.3, -0.25) is 0 Å². The van der Waals surface area contributed by atoms with Crippen molar-refractivity contribution in [3.05, 3.63) is 12.7 Å². The maximum atomic E-state index is 5.63. The van der Waals surface area contributed by atoms with E-state index in [9.17, 15) is 0 Å². The van der Waals surface area contributed by atoms with Crippen molar-refractivity contribution < 1.29 is 4.74 Å². The summed E-state index contributed by atoms with van der Waals surface area (Å²) in [5, 5.41) is 3.57. The van der Waals surface area contributed by atoms with Gasteiger partial charge in [0.05, 0.1) is 6.10 Å². The van der Waals surface area contributed by atoms with Crippen molar-refractivity contribution in [2.24, 2.45) is 0 Å². The standard InChI is InChI=1S/C13H25NO/c1-3-6-12(14-10-4-2)8-9-13-7-5-11-15-13/h3,12-14H,1,4-11H2,2H3. The predicted molar refractivity (Wildman–Crippen MR) is 65.1 cm³/mol. The van der Waals surface area contributed by atoms with Crippen molar-refractivity contribution in [3.63, 3.8) is 0 Å². The van der Waals surface area contributed by atoms with Crippen molar-refractivity contribution in [2.45, 2.75) is 57.6 Å². The molecule has 0 spiro atoms. The lowest BCUT2D eigenvalue weighted by Gasteiger charge is -2.18. The molecule has 0 aromatic rings. The van der Waals surface area contributed by atoms with Crippen LogP contribution in [0.2, 0.25) is 0 Å². The summed E-state index contributed by atoms with van der Waals surface area (Å²) in [6.07, 6.45) is 9.75. The highest BCUT2D eigenvalue weighted by Crippen LogP contribution is 2.18. The van der Waals surface area contributed by atoms with E-state index in [-0.39, 0.29) is 0 Å². The summed E-state index contributed by atoms with van der Waals surface area (Å²) in [7, 11) is 0. The van der Waals surface area contributed by atoms with Crippen LogP contribution < -0.4 is 5.32 Å². The van der Waals surface area contributed by atoms with Crippen LogP contribution >= 0.6 is 0 Å². The highest BCUT2D eigenvalue weighted by Gasteiger charge is 2.16. The molecule has 2 heteroatoms. The normalized spacial score (nSPS) is 22.9. The molecule has 15 heavy (non-hydrogen) atoms. The van der Waals surface area contributed by atoms with Crippen LogP contribution in [0.15, 0.2) is 12.7 Å². The molecule has 88 valence electrons. The summed E-state index contributed by atoms with van der Waals surface area (Å²) in [4.78, 5) is 0. The quantitative estimate of drug-likeness (QED) is 0.623. The van der Waals surface area contributed by atoms with E-state index in [2.05, 4.69) is 18.8 Å². The lowest BCUT2D eigenvalue weighted by molar-refractivity contribution is 0.0996. The molecule has 1 fully saturated rings. The molecule has 2 atom stereocenters. The number of hydrogen-bond donors (Lipinski definition) is 1. The molecule has 0 bridgehead atoms. The van der Waals surface area contributed by atoms with Gasteiger partial charge in [0.15, 0.2) is 0 Å². The first-order valence-electron chi connectivity index (χ1n) is 6.32. The van der Waals surface area contributed by atoms with Crippen LogP contribution in [0.1, 0.15) is 45.4 Å². The molecule has 1 saturated heterocycles. The second-order valence-electron chi connectivity index (χ2n) is 4.39. The smallest absolute Gasteiger partial charge is 0.0576 e. The Kier molecular flexibility index (Phi) is 6.69. The number of ether oxygens (including phenoxy) is 1. The number of rotatable bonds is 8. The van der Waals surface area contributed by atoms with Gasteiger partial charge in [0, 0.05) is 12.6 Å². The minimum absolute atomic E-state index is 0.528. The van der Waals surface area contributed by atoms with Gasteiger partial charge in [0.25, 0.3) is 0 Å². The number of nitrogens with one attached hydrogen (secondary N) is 1. The summed E-state index contributed by atoms with van der Waals surface area (Å²) in [5.41, 5.74) is 0. The average Bonchev–Trinajstić information content (AvgIpc) is 2.75. The van der Waals surface area contributed by atoms with Gasteiger partial charge in [-0.15, -0.1) is 6.58 Å². The first kappa shape index (κ1) is 12.7. The van der Waals surface area contributed by atoms with E-state index < -0.39 is 0 Å². The minimum atomic E-state index is 0.528. The topological polar surface area (TPSA) is 21.3 Å². The molecule has 1 rings (SSSR count). The molecule has 0 saturated carbocycles. The van der Waals surface area contributed by atoms with E-state index in [0.717, 1.165) is 19.6 Å². The minimum Gasteiger partial charge on any atom is -0.378 e. The molecule has 1 aliphatic heterocycles. The molecule has 1 aliphatic rings. The Morgan fingerprint density at radius 2 is 2.47 bits per heavy atom. The Labute approximate surface area is 94.1 Å². The molecule has 0 aromatic heterocycles. The maximum absolute atomic E-state index is 5.63. The third-order valence-corrected chi connectivity index (χ3v) is 3.00. The fourth-order valence-corrected chi connectivity index (χ4v) is 2.11. The van der Waals surface area contributed by atoms with Crippen molar-refractivity contribution in [2.75, 3.05) is 13.2 Å². The molecule has 0 radical (unpaired) electrons. The molecular weight excluding hydrogens is 186 g/mol. The second-order valence-corrected chi connectivity index (χ2v) is 4.39. The van der Waals surface area contributed by atoms with Crippen LogP contribution in [-0.4, -0.2) is 25.3 Å². The van der Waals surface area contributed by atoms with Crippen LogP contribution in [0.3, 0.4) is 0 Å². The van der Waals surface area contributed by atoms with E-state index in [0.29, 0.717) is 12.1 Å². The molecule has 2 nitrogen and oxygen atoms in total. The first-order valence-corrected chi connectivity index (χ1v) is 6.32. The van der Waals surface area contributed by atoms with Crippen LogP contribution in [0.4, 0.5) is 0 Å². The van der Waals surface area contributed by atoms with Crippen LogP contribution in [-0.2, 0) is 4.74 Å². The van der Waals surface area contributed by atoms with Gasteiger partial charge in [-0.05, 0) is 45.1 Å². The molecule has 0 amide bonds. The predicted octanol–water partition coefficient (Wildman–Crippen LogP) is 2.89. The Balaban J connectivity index is 2.14. The van der Waals surface area contributed by atoms with Crippen LogP contribution in [0, 0.1) is 0 Å². The van der Waals surface area contributed by atoms with E-state index in [1.54, 1.807) is 0 Å². The van der Waals surface area contributed by atoms with Gasteiger partial charge < -0.3 is 10.1 Å². The summed E-state index contributed by atoms with van der Waals surface area (Å²) < 4.78 is 5.63. The van der Waals surface area contributed by atoms with Gasteiger partial charge in [-0.2, -0.15) is 0 Å². The molecule has 0 aromatic carbocycles. The SMILES string of the molecule is C=CCC(CCC1CCCO1)NCCC. The third-order valence-electron chi connectivity index (χ3n) is 3.00. The molecule has 1 heterocycles. The van der Waals surface area contributed by atoms with E-state index in [1.165, 1.54) is 32.1 Å². The van der Waals surface area contributed by atoms with Crippen molar-refractivity contribution in [1.29, 1.82) is 0 Å². The third kappa shape index (κ3) is 5.33. The Morgan fingerprint density at radius 1 is 1.60 bits per heavy atom. The lowest BCUT2D eigenvalue weighted by atomic mass is 10.0. The van der Waals surface area contributed by atoms with Gasteiger partial charge in [0.1, 0.15) is 0 Å². The summed E-state index contributed by atoms with van der Waals surface area (Å²) >= 11 is 0. The Hall–Kier alpha value is -0.340. The largest absolute Gasteiger partial charge is 0.378 e. The van der Waals surface area contributed by atoms with Crippen molar-refractivity contribution in [3.8, 4) is 0 Å². The Bertz CT molecular complexity index is 164. The first-order chi connectivity index (χ1) is 7.36. The monoisotopic (exact) mass is 211 g/mol. The number of hydrogen-bond acceptors (Lipinski definition) is 2. The van der Waals surface area contributed by atoms with Gasteiger partial charge in [0.2, 0.25) is 0 Å². The highest BCUT2D eigenvalue weighted by atomic mass is 16.5. The summed E-state index contributed by atoms with van der Waals surface area (Å²) in [6.45, 7) is 8.11. The molecule has 2 unspecified atom stereocenters. The molecular formula is C13H25NO. The molecule has 1 N–H and O–H groups in total. The van der Waals surface area contributed by atoms with E-state index >= 15 is 0 Å². The van der Waals surface area contributed by atoms with Crippen LogP contribution in [0.5, 0.6) is 0 Å².